The first-order valence-electron chi connectivity index (χ1n) is 7.77. The SMILES string of the molecule is CCC1(CC(C)C)C2C(C)CC1C(C)(C)C2C. The number of rotatable bonds is 3. The first-order valence-corrected chi connectivity index (χ1v) is 7.77. The van der Waals surface area contributed by atoms with E-state index >= 15 is 0 Å². The maximum absolute atomic E-state index is 2.54. The molecule has 0 amide bonds. The molecule has 0 aromatic carbocycles. The Bertz CT molecular complexity index is 284. The van der Waals surface area contributed by atoms with Gasteiger partial charge in [-0.1, -0.05) is 48.5 Å². The zero-order chi connectivity index (χ0) is 13.0. The van der Waals surface area contributed by atoms with Gasteiger partial charge in [-0.2, -0.15) is 0 Å². The molecule has 2 saturated carbocycles. The summed E-state index contributed by atoms with van der Waals surface area (Å²) in [6.45, 7) is 17.4. The molecule has 0 spiro atoms. The van der Waals surface area contributed by atoms with Gasteiger partial charge in [-0.05, 0) is 59.7 Å². The molecule has 100 valence electrons. The quantitative estimate of drug-likeness (QED) is 0.617. The Kier molecular flexibility index (Phi) is 3.16. The predicted molar refractivity (Wildman–Crippen MR) is 75.9 cm³/mol. The van der Waals surface area contributed by atoms with Crippen LogP contribution in [0.1, 0.15) is 67.7 Å². The lowest BCUT2D eigenvalue weighted by atomic mass is 9.66. The molecule has 0 heterocycles. The van der Waals surface area contributed by atoms with Crippen LogP contribution in [0.15, 0.2) is 0 Å². The van der Waals surface area contributed by atoms with Crippen molar-refractivity contribution < 1.29 is 0 Å². The summed E-state index contributed by atoms with van der Waals surface area (Å²) in [6, 6.07) is 0. The van der Waals surface area contributed by atoms with Crippen molar-refractivity contribution >= 4 is 0 Å². The Morgan fingerprint density at radius 1 is 1.18 bits per heavy atom. The maximum atomic E-state index is 2.54. The highest BCUT2D eigenvalue weighted by molar-refractivity contribution is 5.14. The van der Waals surface area contributed by atoms with Gasteiger partial charge >= 0.3 is 0 Å². The minimum atomic E-state index is 0.572. The van der Waals surface area contributed by atoms with E-state index in [-0.39, 0.29) is 0 Å². The average molecular weight is 236 g/mol. The predicted octanol–water partition coefficient (Wildman–Crippen LogP) is 5.38. The normalized spacial score (nSPS) is 48.0. The van der Waals surface area contributed by atoms with Crippen LogP contribution in [-0.2, 0) is 0 Å². The van der Waals surface area contributed by atoms with Crippen molar-refractivity contribution in [3.63, 3.8) is 0 Å². The summed E-state index contributed by atoms with van der Waals surface area (Å²) in [5.74, 6) is 4.68. The van der Waals surface area contributed by atoms with Gasteiger partial charge in [0.2, 0.25) is 0 Å². The highest BCUT2D eigenvalue weighted by Crippen LogP contribution is 2.72. The molecule has 2 aliphatic rings. The molecule has 2 aliphatic carbocycles. The van der Waals surface area contributed by atoms with E-state index in [1.165, 1.54) is 19.3 Å². The van der Waals surface area contributed by atoms with Crippen LogP contribution < -0.4 is 0 Å². The second-order valence-corrected chi connectivity index (χ2v) is 8.09. The Labute approximate surface area is 109 Å². The van der Waals surface area contributed by atoms with Crippen molar-refractivity contribution in [1.29, 1.82) is 0 Å². The number of hydrogen-bond acceptors (Lipinski definition) is 0. The Morgan fingerprint density at radius 3 is 2.18 bits per heavy atom. The molecule has 0 aliphatic heterocycles. The molecule has 2 bridgehead atoms. The second-order valence-electron chi connectivity index (χ2n) is 8.09. The van der Waals surface area contributed by atoms with E-state index in [1.807, 2.05) is 0 Å². The summed E-state index contributed by atoms with van der Waals surface area (Å²) in [5.41, 5.74) is 1.23. The van der Waals surface area contributed by atoms with Crippen molar-refractivity contribution in [3.05, 3.63) is 0 Å². The van der Waals surface area contributed by atoms with Gasteiger partial charge in [0.05, 0.1) is 0 Å². The van der Waals surface area contributed by atoms with Crippen LogP contribution in [0, 0.1) is 40.4 Å². The smallest absolute Gasteiger partial charge is 0.0230 e. The zero-order valence-electron chi connectivity index (χ0n) is 13.0. The maximum Gasteiger partial charge on any atom is -0.0230 e. The monoisotopic (exact) mass is 236 g/mol. The van der Waals surface area contributed by atoms with Gasteiger partial charge in [-0.15, -0.1) is 0 Å². The van der Waals surface area contributed by atoms with Crippen molar-refractivity contribution in [2.45, 2.75) is 67.7 Å². The van der Waals surface area contributed by atoms with Crippen LogP contribution in [0.2, 0.25) is 0 Å². The highest BCUT2D eigenvalue weighted by atomic mass is 14.7. The molecule has 0 aromatic heterocycles. The Balaban J connectivity index is 2.40. The molecule has 17 heavy (non-hydrogen) atoms. The van der Waals surface area contributed by atoms with Gasteiger partial charge < -0.3 is 0 Å². The molecule has 0 N–H and O–H groups in total. The van der Waals surface area contributed by atoms with Gasteiger partial charge in [0.15, 0.2) is 0 Å². The van der Waals surface area contributed by atoms with Crippen LogP contribution in [0.4, 0.5) is 0 Å². The summed E-state index contributed by atoms with van der Waals surface area (Å²) in [5, 5.41) is 0. The van der Waals surface area contributed by atoms with Gasteiger partial charge in [-0.3, -0.25) is 0 Å². The third-order valence-electron chi connectivity index (χ3n) is 6.64. The van der Waals surface area contributed by atoms with Crippen molar-refractivity contribution in [3.8, 4) is 0 Å². The fourth-order valence-corrected chi connectivity index (χ4v) is 6.03. The Morgan fingerprint density at radius 2 is 1.76 bits per heavy atom. The summed E-state index contributed by atoms with van der Waals surface area (Å²) in [6.07, 6.45) is 4.35. The van der Waals surface area contributed by atoms with E-state index in [1.54, 1.807) is 0 Å². The van der Waals surface area contributed by atoms with Crippen molar-refractivity contribution in [2.75, 3.05) is 0 Å². The third kappa shape index (κ3) is 1.62. The van der Waals surface area contributed by atoms with E-state index in [0.717, 1.165) is 29.6 Å². The summed E-state index contributed by atoms with van der Waals surface area (Å²) in [7, 11) is 0. The first kappa shape index (κ1) is 13.4. The van der Waals surface area contributed by atoms with Crippen LogP contribution in [0.3, 0.4) is 0 Å². The van der Waals surface area contributed by atoms with Gasteiger partial charge in [-0.25, -0.2) is 0 Å². The summed E-state index contributed by atoms with van der Waals surface area (Å²) in [4.78, 5) is 0. The van der Waals surface area contributed by atoms with Crippen LogP contribution >= 0.6 is 0 Å². The second kappa shape index (κ2) is 4.00. The van der Waals surface area contributed by atoms with Gasteiger partial charge in [0, 0.05) is 0 Å². The van der Waals surface area contributed by atoms with E-state index in [0.29, 0.717) is 10.8 Å². The van der Waals surface area contributed by atoms with Crippen LogP contribution in [0.5, 0.6) is 0 Å². The topological polar surface area (TPSA) is 0 Å². The summed E-state index contributed by atoms with van der Waals surface area (Å²) >= 11 is 0. The largest absolute Gasteiger partial charge is 0.0648 e. The molecule has 0 nitrogen and oxygen atoms in total. The molecule has 2 rings (SSSR count). The van der Waals surface area contributed by atoms with Crippen LogP contribution in [0.25, 0.3) is 0 Å². The fourth-order valence-electron chi connectivity index (χ4n) is 6.03. The third-order valence-corrected chi connectivity index (χ3v) is 6.64. The lowest BCUT2D eigenvalue weighted by Gasteiger charge is -2.39. The van der Waals surface area contributed by atoms with E-state index in [2.05, 4.69) is 48.5 Å². The summed E-state index contributed by atoms with van der Waals surface area (Å²) < 4.78 is 0. The molecule has 0 heteroatoms. The van der Waals surface area contributed by atoms with Crippen molar-refractivity contribution in [2.24, 2.45) is 40.4 Å². The minimum absolute atomic E-state index is 0.572. The minimum Gasteiger partial charge on any atom is -0.0648 e. The van der Waals surface area contributed by atoms with Gasteiger partial charge in [0.25, 0.3) is 0 Å². The molecular formula is C17H32. The molecule has 5 unspecified atom stereocenters. The molecule has 5 atom stereocenters. The standard InChI is InChI=1S/C17H32/c1-8-17(10-11(2)3)14-9-12(4)15(17)13(5)16(14,6)7/h11-15H,8-10H2,1-7H3. The first-order chi connectivity index (χ1) is 7.77. The molecular weight excluding hydrogens is 204 g/mol. The highest BCUT2D eigenvalue weighted by Gasteiger charge is 2.66. The molecule has 2 fully saturated rings. The molecule has 0 saturated heterocycles. The average Bonchev–Trinajstić information content (AvgIpc) is 2.56. The van der Waals surface area contributed by atoms with E-state index < -0.39 is 0 Å². The number of hydrogen-bond donors (Lipinski definition) is 0. The Hall–Kier alpha value is 0. The van der Waals surface area contributed by atoms with Gasteiger partial charge in [0.1, 0.15) is 0 Å². The number of fused-ring (bicyclic) bond motifs is 2. The molecule has 0 radical (unpaired) electrons. The molecule has 0 aromatic rings. The zero-order valence-corrected chi connectivity index (χ0v) is 13.0. The van der Waals surface area contributed by atoms with E-state index in [4.69, 9.17) is 0 Å². The fraction of sp³-hybridized carbons (Fsp3) is 1.00. The van der Waals surface area contributed by atoms with Crippen LogP contribution in [-0.4, -0.2) is 0 Å². The van der Waals surface area contributed by atoms with E-state index in [9.17, 15) is 0 Å². The lowest BCUT2D eigenvalue weighted by molar-refractivity contribution is 0.0970. The lowest BCUT2D eigenvalue weighted by Crippen LogP contribution is -2.32. The van der Waals surface area contributed by atoms with Crippen molar-refractivity contribution in [1.82, 2.24) is 0 Å².